The van der Waals surface area contributed by atoms with Gasteiger partial charge in [-0.2, -0.15) is 5.26 Å². The van der Waals surface area contributed by atoms with Gasteiger partial charge in [0.1, 0.15) is 0 Å². The van der Waals surface area contributed by atoms with E-state index in [0.717, 1.165) is 0 Å². The van der Waals surface area contributed by atoms with Crippen molar-refractivity contribution in [3.63, 3.8) is 0 Å². The lowest BCUT2D eigenvalue weighted by Crippen LogP contribution is -2.25. The van der Waals surface area contributed by atoms with Crippen molar-refractivity contribution in [1.82, 2.24) is 4.98 Å². The first-order chi connectivity index (χ1) is 7.20. The Bertz CT molecular complexity index is 389. The minimum atomic E-state index is -1.39. The van der Waals surface area contributed by atoms with Crippen LogP contribution in [0.4, 0.5) is 0 Å². The molecule has 0 saturated carbocycles. The molecule has 15 heavy (non-hydrogen) atoms. The van der Waals surface area contributed by atoms with E-state index in [4.69, 9.17) is 5.26 Å². The Morgan fingerprint density at radius 3 is 2.87 bits per heavy atom. The molecule has 0 aliphatic heterocycles. The molecule has 5 heteroatoms. The Labute approximate surface area is 86.7 Å². The number of nitriles is 1. The number of aromatic amines is 1. The van der Waals surface area contributed by atoms with Crippen molar-refractivity contribution in [2.75, 3.05) is 6.61 Å². The van der Waals surface area contributed by atoms with E-state index < -0.39 is 17.7 Å². The van der Waals surface area contributed by atoms with Crippen molar-refractivity contribution >= 4 is 11.8 Å². The molecule has 0 amide bonds. The predicted octanol–water partition coefficient (Wildman–Crippen LogP) is 0.900. The number of H-pyrrole nitrogens is 1. The number of Topliss-reactive ketones (excluding diaryl/α,β-unsaturated/α-hetero) is 1. The zero-order chi connectivity index (χ0) is 11.3. The summed E-state index contributed by atoms with van der Waals surface area (Å²) in [6, 6.07) is 4.75. The van der Waals surface area contributed by atoms with Gasteiger partial charge >= 0.3 is 5.97 Å². The van der Waals surface area contributed by atoms with E-state index in [0.29, 0.717) is 0 Å². The summed E-state index contributed by atoms with van der Waals surface area (Å²) < 4.78 is 4.62. The number of hydrogen-bond donors (Lipinski definition) is 1. The molecule has 0 spiro atoms. The van der Waals surface area contributed by atoms with Crippen LogP contribution in [-0.4, -0.2) is 23.3 Å². The van der Waals surface area contributed by atoms with Crippen molar-refractivity contribution in [3.8, 4) is 6.07 Å². The first-order valence-corrected chi connectivity index (χ1v) is 4.44. The fraction of sp³-hybridized carbons (Fsp3) is 0.300. The molecular formula is C10H10N2O3. The van der Waals surface area contributed by atoms with Gasteiger partial charge in [0.15, 0.2) is 0 Å². The molecule has 1 aromatic rings. The van der Waals surface area contributed by atoms with Crippen LogP contribution >= 0.6 is 0 Å². The molecule has 5 nitrogen and oxygen atoms in total. The lowest BCUT2D eigenvalue weighted by atomic mass is 10.0. The van der Waals surface area contributed by atoms with Gasteiger partial charge < -0.3 is 9.72 Å². The summed E-state index contributed by atoms with van der Waals surface area (Å²) in [7, 11) is 0. The van der Waals surface area contributed by atoms with Crippen LogP contribution < -0.4 is 0 Å². The molecule has 0 bridgehead atoms. The predicted molar refractivity (Wildman–Crippen MR) is 50.9 cm³/mol. The van der Waals surface area contributed by atoms with Crippen LogP contribution in [0.15, 0.2) is 18.3 Å². The van der Waals surface area contributed by atoms with Gasteiger partial charge in [-0.15, -0.1) is 0 Å². The number of nitrogens with zero attached hydrogens (tertiary/aromatic N) is 1. The highest BCUT2D eigenvalue weighted by Crippen LogP contribution is 2.08. The van der Waals surface area contributed by atoms with Crippen molar-refractivity contribution in [1.29, 1.82) is 5.26 Å². The van der Waals surface area contributed by atoms with Crippen LogP contribution in [0.2, 0.25) is 0 Å². The number of rotatable bonds is 4. The summed E-state index contributed by atoms with van der Waals surface area (Å²) in [6.45, 7) is 1.76. The third-order valence-corrected chi connectivity index (χ3v) is 1.78. The average molecular weight is 206 g/mol. The highest BCUT2D eigenvalue weighted by molar-refractivity contribution is 6.09. The van der Waals surface area contributed by atoms with Crippen molar-refractivity contribution in [2.45, 2.75) is 6.92 Å². The van der Waals surface area contributed by atoms with Crippen LogP contribution in [0.3, 0.4) is 0 Å². The fourth-order valence-corrected chi connectivity index (χ4v) is 1.08. The number of carbonyl (C=O) groups excluding carboxylic acids is 2. The lowest BCUT2D eigenvalue weighted by Gasteiger charge is -2.05. The second-order valence-electron chi connectivity index (χ2n) is 2.76. The second-order valence-corrected chi connectivity index (χ2v) is 2.76. The minimum Gasteiger partial charge on any atom is -0.465 e. The van der Waals surface area contributed by atoms with E-state index >= 15 is 0 Å². The van der Waals surface area contributed by atoms with E-state index in [2.05, 4.69) is 9.72 Å². The van der Waals surface area contributed by atoms with Crippen LogP contribution in [-0.2, 0) is 9.53 Å². The smallest absolute Gasteiger partial charge is 0.331 e. The van der Waals surface area contributed by atoms with Gasteiger partial charge in [-0.25, -0.2) is 0 Å². The summed E-state index contributed by atoms with van der Waals surface area (Å²) >= 11 is 0. The number of nitrogens with one attached hydrogen (secondary N) is 1. The topological polar surface area (TPSA) is 82.9 Å². The molecule has 1 unspecified atom stereocenters. The molecule has 0 aliphatic rings. The van der Waals surface area contributed by atoms with E-state index in [1.807, 2.05) is 0 Å². The SMILES string of the molecule is CCOC(=O)C(C#N)C(=O)c1ccc[nH]1. The zero-order valence-corrected chi connectivity index (χ0v) is 8.19. The van der Waals surface area contributed by atoms with Gasteiger partial charge in [0.05, 0.1) is 18.4 Å². The number of ether oxygens (including phenoxy) is 1. The number of esters is 1. The summed E-state index contributed by atoms with van der Waals surface area (Å²) in [5, 5.41) is 8.71. The van der Waals surface area contributed by atoms with Gasteiger partial charge in [0.25, 0.3) is 0 Å². The third-order valence-electron chi connectivity index (χ3n) is 1.78. The molecule has 78 valence electrons. The standard InChI is InChI=1S/C10H10N2O3/c1-2-15-10(14)7(6-11)9(13)8-4-3-5-12-8/h3-5,7,12H,2H2,1H3. The Kier molecular flexibility index (Phi) is 3.63. The fourth-order valence-electron chi connectivity index (χ4n) is 1.08. The number of ketones is 1. The molecule has 0 radical (unpaired) electrons. The van der Waals surface area contributed by atoms with Crippen LogP contribution in [0.5, 0.6) is 0 Å². The molecule has 1 atom stereocenters. The molecule has 1 N–H and O–H groups in total. The normalized spacial score (nSPS) is 11.5. The highest BCUT2D eigenvalue weighted by atomic mass is 16.5. The Balaban J connectivity index is 2.81. The number of hydrogen-bond acceptors (Lipinski definition) is 4. The first kappa shape index (κ1) is 11.0. The van der Waals surface area contributed by atoms with Crippen LogP contribution in [0, 0.1) is 17.2 Å². The van der Waals surface area contributed by atoms with Gasteiger partial charge in [-0.3, -0.25) is 9.59 Å². The molecule has 0 fully saturated rings. The Hall–Kier alpha value is -2.09. The van der Waals surface area contributed by atoms with E-state index in [9.17, 15) is 9.59 Å². The summed E-state index contributed by atoms with van der Waals surface area (Å²) in [4.78, 5) is 25.5. The quantitative estimate of drug-likeness (QED) is 0.450. The second kappa shape index (κ2) is 4.96. The van der Waals surface area contributed by atoms with Crippen LogP contribution in [0.1, 0.15) is 17.4 Å². The molecule has 1 rings (SSSR count). The van der Waals surface area contributed by atoms with Gasteiger partial charge in [0.2, 0.25) is 11.7 Å². The van der Waals surface area contributed by atoms with Gasteiger partial charge in [0, 0.05) is 6.20 Å². The average Bonchev–Trinajstić information content (AvgIpc) is 2.71. The van der Waals surface area contributed by atoms with Crippen LogP contribution in [0.25, 0.3) is 0 Å². The van der Waals surface area contributed by atoms with E-state index in [-0.39, 0.29) is 12.3 Å². The molecule has 0 aliphatic carbocycles. The molecular weight excluding hydrogens is 196 g/mol. The lowest BCUT2D eigenvalue weighted by molar-refractivity contribution is -0.144. The Morgan fingerprint density at radius 1 is 1.67 bits per heavy atom. The van der Waals surface area contributed by atoms with Crippen molar-refractivity contribution < 1.29 is 14.3 Å². The first-order valence-electron chi connectivity index (χ1n) is 4.44. The largest absolute Gasteiger partial charge is 0.465 e. The Morgan fingerprint density at radius 2 is 2.40 bits per heavy atom. The van der Waals surface area contributed by atoms with E-state index in [1.54, 1.807) is 25.3 Å². The monoisotopic (exact) mass is 206 g/mol. The number of aromatic nitrogens is 1. The maximum atomic E-state index is 11.6. The van der Waals surface area contributed by atoms with Gasteiger partial charge in [-0.05, 0) is 19.1 Å². The molecule has 1 aromatic heterocycles. The van der Waals surface area contributed by atoms with E-state index in [1.165, 1.54) is 6.07 Å². The molecule has 0 aromatic carbocycles. The molecule has 0 saturated heterocycles. The maximum Gasteiger partial charge on any atom is 0.331 e. The third kappa shape index (κ3) is 2.44. The maximum absolute atomic E-state index is 11.6. The zero-order valence-electron chi connectivity index (χ0n) is 8.19. The number of carbonyl (C=O) groups is 2. The van der Waals surface area contributed by atoms with Gasteiger partial charge in [-0.1, -0.05) is 0 Å². The minimum absolute atomic E-state index is 0.148. The summed E-state index contributed by atoms with van der Waals surface area (Å²) in [5.74, 6) is -2.76. The van der Waals surface area contributed by atoms with Crippen molar-refractivity contribution in [3.05, 3.63) is 24.0 Å². The summed E-state index contributed by atoms with van der Waals surface area (Å²) in [6.07, 6.45) is 1.55. The molecule has 1 heterocycles. The highest BCUT2D eigenvalue weighted by Gasteiger charge is 2.29. The summed E-state index contributed by atoms with van der Waals surface area (Å²) in [5.41, 5.74) is 0.231. The van der Waals surface area contributed by atoms with Crippen molar-refractivity contribution in [2.24, 2.45) is 5.92 Å².